The molecule has 0 heterocycles. The average Bonchev–Trinajstić information content (AvgIpc) is 3.07. The molecule has 5 N–H and O–H groups in total. The Kier molecular flexibility index (Phi) is 8.98. The number of nitrogens with zero attached hydrogens (tertiary/aromatic N) is 1. The van der Waals surface area contributed by atoms with Gasteiger partial charge in [0.2, 0.25) is 6.41 Å². The monoisotopic (exact) mass is 749 g/mol. The molecule has 14 nitrogen and oxygen atoms in total. The van der Waals surface area contributed by atoms with Crippen LogP contribution in [0, 0.1) is 6.92 Å². The summed E-state index contributed by atoms with van der Waals surface area (Å²) in [4.78, 5) is 10.9. The fraction of sp³-hybridized carbons (Fsp3) is 0.0294. The molecule has 262 valence electrons. The van der Waals surface area contributed by atoms with Gasteiger partial charge < -0.3 is 14.4 Å². The van der Waals surface area contributed by atoms with Gasteiger partial charge in [0.25, 0.3) is 20.1 Å². The van der Waals surface area contributed by atoms with E-state index in [0.717, 1.165) is 34.8 Å². The summed E-state index contributed by atoms with van der Waals surface area (Å²) >= 11 is 0. The summed E-state index contributed by atoms with van der Waals surface area (Å²) in [5, 5.41) is 23.0. The van der Waals surface area contributed by atoms with Crippen molar-refractivity contribution in [2.24, 2.45) is 0 Å². The minimum atomic E-state index is -4.64. The van der Waals surface area contributed by atoms with Crippen LogP contribution in [-0.4, -0.2) is 46.4 Å². The standard InChI is InChI=1S/C34H27N3O11S3/c1-21-5-9-27(10-6-21)48-51(46,47)28-4-2-3-25(17-28)36-49(41,42)29-15-22-13-24(7-11-31(22)33(39)18-29)35-37(20-38)26-8-12-32-23(14-26)16-30(19-34(32)40)50(43,44)45/h2-20,35-36,39-40H,1H3,(H,43,44,45). The van der Waals surface area contributed by atoms with Crippen LogP contribution in [0.2, 0.25) is 0 Å². The van der Waals surface area contributed by atoms with Gasteiger partial charge in [0, 0.05) is 22.9 Å². The van der Waals surface area contributed by atoms with Crippen LogP contribution in [0.5, 0.6) is 17.2 Å². The van der Waals surface area contributed by atoms with Crippen molar-refractivity contribution in [1.82, 2.24) is 0 Å². The van der Waals surface area contributed by atoms with Crippen LogP contribution in [0.3, 0.4) is 0 Å². The number of rotatable bonds is 11. The Labute approximate surface area is 292 Å². The molecule has 17 heteroatoms. The van der Waals surface area contributed by atoms with Crippen molar-refractivity contribution in [3.05, 3.63) is 115 Å². The topological polar surface area (TPSA) is 217 Å². The van der Waals surface area contributed by atoms with Crippen molar-refractivity contribution < 1.29 is 49.0 Å². The van der Waals surface area contributed by atoms with Crippen molar-refractivity contribution in [2.45, 2.75) is 21.6 Å². The van der Waals surface area contributed by atoms with Crippen molar-refractivity contribution in [1.29, 1.82) is 0 Å². The van der Waals surface area contributed by atoms with E-state index in [1.54, 1.807) is 12.1 Å². The Bertz CT molecular complexity index is 2680. The molecule has 0 aromatic heterocycles. The molecule has 1 amide bonds. The minimum absolute atomic E-state index is 0.0789. The van der Waals surface area contributed by atoms with Crippen molar-refractivity contribution in [2.75, 3.05) is 15.2 Å². The van der Waals surface area contributed by atoms with Crippen LogP contribution >= 0.6 is 0 Å². The highest BCUT2D eigenvalue weighted by molar-refractivity contribution is 7.92. The van der Waals surface area contributed by atoms with E-state index in [1.165, 1.54) is 72.8 Å². The summed E-state index contributed by atoms with van der Waals surface area (Å²) in [6.45, 7) is 1.83. The Hall–Kier alpha value is -5.88. The molecule has 0 bridgehead atoms. The van der Waals surface area contributed by atoms with E-state index >= 15 is 0 Å². The summed E-state index contributed by atoms with van der Waals surface area (Å²) < 4.78 is 92.9. The maximum atomic E-state index is 13.4. The third kappa shape index (κ3) is 7.51. The van der Waals surface area contributed by atoms with Crippen LogP contribution in [0.25, 0.3) is 21.5 Å². The number of aryl methyl sites for hydroxylation is 1. The van der Waals surface area contributed by atoms with E-state index < -0.39 is 40.9 Å². The Morgan fingerprint density at radius 2 is 1.29 bits per heavy atom. The molecule has 0 spiro atoms. The first-order valence-electron chi connectivity index (χ1n) is 14.7. The zero-order chi connectivity index (χ0) is 36.7. The SMILES string of the molecule is Cc1ccc(OS(=O)(=O)c2cccc(NS(=O)(=O)c3cc(O)c4ccc(NN(C=O)c5ccc6c(O)cc(S(=O)(=O)O)cc6c5)cc4c3)c2)cc1. The van der Waals surface area contributed by atoms with Crippen molar-refractivity contribution >= 4 is 75.3 Å². The van der Waals surface area contributed by atoms with Crippen LogP contribution in [0.15, 0.2) is 124 Å². The lowest BCUT2D eigenvalue weighted by molar-refractivity contribution is -0.107. The minimum Gasteiger partial charge on any atom is -0.507 e. The fourth-order valence-electron chi connectivity index (χ4n) is 5.15. The summed E-state index contributed by atoms with van der Waals surface area (Å²) in [5.41, 5.74) is 4.13. The second kappa shape index (κ2) is 13.1. The molecule has 0 aliphatic carbocycles. The Balaban J connectivity index is 1.26. The maximum Gasteiger partial charge on any atom is 0.339 e. The maximum absolute atomic E-state index is 13.4. The Morgan fingerprint density at radius 1 is 0.667 bits per heavy atom. The highest BCUT2D eigenvalue weighted by Crippen LogP contribution is 2.34. The van der Waals surface area contributed by atoms with E-state index in [-0.39, 0.29) is 59.9 Å². The summed E-state index contributed by atoms with van der Waals surface area (Å²) in [7, 11) is -13.3. The number of hydrazine groups is 1. The largest absolute Gasteiger partial charge is 0.507 e. The molecule has 0 aliphatic heterocycles. The second-order valence-corrected chi connectivity index (χ2v) is 15.9. The zero-order valence-electron chi connectivity index (χ0n) is 26.2. The fourth-order valence-corrected chi connectivity index (χ4v) is 7.76. The lowest BCUT2D eigenvalue weighted by Gasteiger charge is -2.21. The summed E-state index contributed by atoms with van der Waals surface area (Å²) in [6.07, 6.45) is 0.417. The van der Waals surface area contributed by atoms with Gasteiger partial charge in [0.15, 0.2) is 0 Å². The van der Waals surface area contributed by atoms with Gasteiger partial charge in [-0.25, -0.2) is 13.4 Å². The first-order valence-corrected chi connectivity index (χ1v) is 19.0. The number of amides is 1. The first-order chi connectivity index (χ1) is 24.0. The molecule has 0 saturated heterocycles. The highest BCUT2D eigenvalue weighted by Gasteiger charge is 2.21. The highest BCUT2D eigenvalue weighted by atomic mass is 32.2. The van der Waals surface area contributed by atoms with Gasteiger partial charge in [-0.3, -0.25) is 19.5 Å². The van der Waals surface area contributed by atoms with Crippen LogP contribution in [0.4, 0.5) is 17.1 Å². The second-order valence-electron chi connectivity index (χ2n) is 11.3. The van der Waals surface area contributed by atoms with E-state index in [1.807, 2.05) is 6.92 Å². The number of benzene rings is 6. The molecule has 0 aliphatic rings. The van der Waals surface area contributed by atoms with Gasteiger partial charge in [0.1, 0.15) is 22.1 Å². The number of nitrogens with one attached hydrogen (secondary N) is 2. The summed E-state index contributed by atoms with van der Waals surface area (Å²) in [6, 6.07) is 24.4. The smallest absolute Gasteiger partial charge is 0.339 e. The number of aromatic hydroxyl groups is 2. The molecule has 6 aromatic rings. The van der Waals surface area contributed by atoms with Crippen molar-refractivity contribution in [3.8, 4) is 17.2 Å². The zero-order valence-corrected chi connectivity index (χ0v) is 28.7. The van der Waals surface area contributed by atoms with Crippen molar-refractivity contribution in [3.63, 3.8) is 0 Å². The van der Waals surface area contributed by atoms with Crippen LogP contribution in [-0.2, 0) is 35.1 Å². The molecule has 51 heavy (non-hydrogen) atoms. The third-order valence-corrected chi connectivity index (χ3v) is 11.1. The molecule has 0 unspecified atom stereocenters. The number of hydrogen-bond acceptors (Lipinski definition) is 11. The number of phenols is 2. The number of carbonyl (C=O) groups excluding carboxylic acids is 1. The molecule has 0 atom stereocenters. The molecule has 0 fully saturated rings. The predicted octanol–water partition coefficient (Wildman–Crippen LogP) is 5.52. The molecular weight excluding hydrogens is 723 g/mol. The predicted molar refractivity (Wildman–Crippen MR) is 189 cm³/mol. The average molecular weight is 750 g/mol. The van der Waals surface area contributed by atoms with Crippen LogP contribution < -0.4 is 19.3 Å². The number of sulfonamides is 1. The third-order valence-electron chi connectivity index (χ3n) is 7.64. The van der Waals surface area contributed by atoms with Gasteiger partial charge in [0.05, 0.1) is 26.9 Å². The number of phenolic OH excluding ortho intramolecular Hbond substituents is 2. The van der Waals surface area contributed by atoms with E-state index in [9.17, 15) is 44.8 Å². The van der Waals surface area contributed by atoms with E-state index in [2.05, 4.69) is 10.1 Å². The Morgan fingerprint density at radius 3 is 1.96 bits per heavy atom. The molecule has 6 aromatic carbocycles. The quantitative estimate of drug-likeness (QED) is 0.0479. The van der Waals surface area contributed by atoms with Gasteiger partial charge >= 0.3 is 10.1 Å². The molecule has 0 radical (unpaired) electrons. The normalized spacial score (nSPS) is 12.0. The molecule has 0 saturated carbocycles. The molecule has 6 rings (SSSR count). The lowest BCUT2D eigenvalue weighted by Crippen LogP contribution is -2.27. The lowest BCUT2D eigenvalue weighted by atomic mass is 10.1. The number of anilines is 3. The molecular formula is C34H27N3O11S3. The van der Waals surface area contributed by atoms with Gasteiger partial charge in [-0.15, -0.1) is 0 Å². The first kappa shape index (κ1) is 35.0. The van der Waals surface area contributed by atoms with Gasteiger partial charge in [-0.05, 0) is 96.6 Å². The number of hydrogen-bond donors (Lipinski definition) is 5. The number of fused-ring (bicyclic) bond motifs is 2. The van der Waals surface area contributed by atoms with Gasteiger partial charge in [-0.1, -0.05) is 23.8 Å². The van der Waals surface area contributed by atoms with Gasteiger partial charge in [-0.2, -0.15) is 16.8 Å². The van der Waals surface area contributed by atoms with Crippen LogP contribution in [0.1, 0.15) is 5.56 Å². The summed E-state index contributed by atoms with van der Waals surface area (Å²) in [5.74, 6) is -0.703. The van der Waals surface area contributed by atoms with E-state index in [0.29, 0.717) is 6.41 Å². The number of carbonyl (C=O) groups is 1. The van der Waals surface area contributed by atoms with E-state index in [4.69, 9.17) is 4.18 Å².